The average Bonchev–Trinajstić information content (AvgIpc) is 3.07. The summed E-state index contributed by atoms with van der Waals surface area (Å²) in [4.78, 5) is 63.0. The van der Waals surface area contributed by atoms with Crippen LogP contribution in [0.4, 0.5) is 4.79 Å². The highest BCUT2D eigenvalue weighted by atomic mass is 32.2. The fourth-order valence-electron chi connectivity index (χ4n) is 5.13. The molecule has 0 spiro atoms. The maximum atomic E-state index is 13.5. The Morgan fingerprint density at radius 3 is 2.31 bits per heavy atom. The van der Waals surface area contributed by atoms with E-state index in [0.29, 0.717) is 63.8 Å². The second-order valence-corrected chi connectivity index (χ2v) is 14.3. The molecule has 1 unspecified atom stereocenters. The first-order chi connectivity index (χ1) is 23.1. The molecule has 2 aromatic carbocycles. The van der Waals surface area contributed by atoms with Crippen molar-refractivity contribution in [2.45, 2.75) is 70.1 Å². The molecule has 9 nitrogen and oxygen atoms in total. The summed E-state index contributed by atoms with van der Waals surface area (Å²) in [5.74, 6) is 3.68. The van der Waals surface area contributed by atoms with Crippen molar-refractivity contribution in [3.8, 4) is 12.3 Å². The number of urea groups is 1. The molecule has 0 aliphatic carbocycles. The molecule has 0 fully saturated rings. The van der Waals surface area contributed by atoms with Crippen LogP contribution in [0.15, 0.2) is 54.6 Å². The number of carbonyl (C=O) groups is 5. The number of ether oxygens (including phenoxy) is 1. The normalized spacial score (nSPS) is 12.7. The maximum Gasteiger partial charge on any atom is 0.315 e. The molecule has 0 radical (unpaired) electrons. The zero-order valence-corrected chi connectivity index (χ0v) is 29.5. The predicted octanol–water partition coefficient (Wildman–Crippen LogP) is 4.47. The Hall–Kier alpha value is -3.78. The number of carbonyl (C=O) groups excluding carboxylic acids is 5. The molecule has 3 N–H and O–H groups in total. The molecule has 2 rings (SSSR count). The van der Waals surface area contributed by atoms with Crippen LogP contribution in [-0.2, 0) is 42.2 Å². The molecule has 0 saturated heterocycles. The minimum atomic E-state index is -0.725. The number of rotatable bonds is 25. The Bertz CT molecular complexity index is 1340. The standard InChI is InChI=1S/C38H51N3O6S/c1-5-6-14-34(43)25-30-16-18-31(19-17-30)28-48(4)24-20-33(29(2)42)26-36(44)35(41-38(46)40-22-23-47-3)15-10-11-21-39-27-37(45)32-12-8-7-9-13-32/h1,7-9,12-13,16-19,33,35,39H,6,10-11,14-15,20-28H2,2-4H3,(H-,40,41,46)/p+1/t33-,35+,48?/m1/s1. The summed E-state index contributed by atoms with van der Waals surface area (Å²) in [7, 11) is 1.52. The van der Waals surface area contributed by atoms with Gasteiger partial charge in [0, 0.05) is 62.8 Å². The minimum absolute atomic E-state index is 0.0155. The lowest BCUT2D eigenvalue weighted by Crippen LogP contribution is -2.47. The van der Waals surface area contributed by atoms with E-state index < -0.39 is 18.0 Å². The number of benzene rings is 2. The highest BCUT2D eigenvalue weighted by Crippen LogP contribution is 2.18. The van der Waals surface area contributed by atoms with Crippen molar-refractivity contribution in [2.75, 3.05) is 45.4 Å². The molecule has 2 amide bonds. The number of Topliss-reactive ketones (excluding diaryl/α,β-unsaturated/α-hetero) is 4. The van der Waals surface area contributed by atoms with Crippen molar-refractivity contribution < 1.29 is 28.7 Å². The third kappa shape index (κ3) is 16.9. The molecule has 0 aliphatic heterocycles. The molecular weight excluding hydrogens is 627 g/mol. The molecule has 10 heteroatoms. The van der Waals surface area contributed by atoms with E-state index in [4.69, 9.17) is 11.2 Å². The van der Waals surface area contributed by atoms with Gasteiger partial charge in [-0.25, -0.2) is 4.79 Å². The smallest absolute Gasteiger partial charge is 0.315 e. The van der Waals surface area contributed by atoms with Gasteiger partial charge in [-0.05, 0) is 49.2 Å². The molecule has 2 aromatic rings. The predicted molar refractivity (Wildman–Crippen MR) is 193 cm³/mol. The Labute approximate surface area is 289 Å². The Morgan fingerprint density at radius 1 is 0.938 bits per heavy atom. The lowest BCUT2D eigenvalue weighted by Gasteiger charge is -2.21. The molecule has 260 valence electrons. The van der Waals surface area contributed by atoms with Crippen molar-refractivity contribution in [1.82, 2.24) is 16.0 Å². The van der Waals surface area contributed by atoms with Gasteiger partial charge in [0.15, 0.2) is 11.6 Å². The van der Waals surface area contributed by atoms with Gasteiger partial charge < -0.3 is 20.7 Å². The number of methoxy groups -OCH3 is 1. The third-order valence-corrected chi connectivity index (χ3v) is 9.74. The number of hydrogen-bond acceptors (Lipinski definition) is 7. The van der Waals surface area contributed by atoms with Gasteiger partial charge in [-0.2, -0.15) is 0 Å². The second kappa shape index (κ2) is 23.5. The van der Waals surface area contributed by atoms with Gasteiger partial charge in [-0.15, -0.1) is 12.3 Å². The minimum Gasteiger partial charge on any atom is -0.383 e. The lowest BCUT2D eigenvalue weighted by molar-refractivity contribution is -0.127. The zero-order valence-electron chi connectivity index (χ0n) is 28.7. The first-order valence-corrected chi connectivity index (χ1v) is 18.6. The lowest BCUT2D eigenvalue weighted by atomic mass is 9.91. The molecule has 0 saturated carbocycles. The molecule has 0 aromatic heterocycles. The van der Waals surface area contributed by atoms with E-state index in [-0.39, 0.29) is 47.0 Å². The Kier molecular flexibility index (Phi) is 19.8. The van der Waals surface area contributed by atoms with E-state index in [1.807, 2.05) is 42.5 Å². The molecule has 48 heavy (non-hydrogen) atoms. The van der Waals surface area contributed by atoms with Crippen LogP contribution in [-0.4, -0.2) is 80.6 Å². The first-order valence-electron chi connectivity index (χ1n) is 16.6. The Balaban J connectivity index is 1.87. The van der Waals surface area contributed by atoms with Crippen molar-refractivity contribution in [3.63, 3.8) is 0 Å². The van der Waals surface area contributed by atoms with Gasteiger partial charge in [0.2, 0.25) is 0 Å². The van der Waals surface area contributed by atoms with Crippen LogP contribution < -0.4 is 16.0 Å². The number of hydrogen-bond donors (Lipinski definition) is 3. The maximum absolute atomic E-state index is 13.5. The van der Waals surface area contributed by atoms with Crippen molar-refractivity contribution >= 4 is 40.1 Å². The summed E-state index contributed by atoms with van der Waals surface area (Å²) in [6.45, 7) is 3.01. The fourth-order valence-corrected chi connectivity index (χ4v) is 6.72. The largest absolute Gasteiger partial charge is 0.383 e. The molecular formula is C38H52N3O6S+. The number of amides is 2. The monoisotopic (exact) mass is 678 g/mol. The average molecular weight is 679 g/mol. The van der Waals surface area contributed by atoms with Gasteiger partial charge in [0.1, 0.15) is 23.1 Å². The number of terminal acetylenes is 1. The van der Waals surface area contributed by atoms with Crippen molar-refractivity contribution in [1.29, 1.82) is 0 Å². The Morgan fingerprint density at radius 2 is 1.65 bits per heavy atom. The third-order valence-electron chi connectivity index (χ3n) is 7.99. The number of nitrogens with one attached hydrogen (secondary N) is 3. The van der Waals surface area contributed by atoms with Crippen molar-refractivity contribution in [2.24, 2.45) is 5.92 Å². The summed E-state index contributed by atoms with van der Waals surface area (Å²) in [5, 5.41) is 8.66. The molecule has 0 heterocycles. The van der Waals surface area contributed by atoms with Gasteiger partial charge in [0.25, 0.3) is 0 Å². The second-order valence-electron chi connectivity index (χ2n) is 12.0. The van der Waals surface area contributed by atoms with E-state index in [0.717, 1.165) is 23.5 Å². The summed E-state index contributed by atoms with van der Waals surface area (Å²) >= 11 is 0. The first kappa shape index (κ1) is 40.4. The van der Waals surface area contributed by atoms with E-state index in [1.165, 1.54) is 12.5 Å². The topological polar surface area (TPSA) is 131 Å². The van der Waals surface area contributed by atoms with Crippen molar-refractivity contribution in [3.05, 3.63) is 71.3 Å². The van der Waals surface area contributed by atoms with Crippen LogP contribution in [0.2, 0.25) is 0 Å². The van der Waals surface area contributed by atoms with Gasteiger partial charge in [-0.3, -0.25) is 19.2 Å². The van der Waals surface area contributed by atoms with E-state index in [1.54, 1.807) is 19.2 Å². The molecule has 3 atom stereocenters. The van der Waals surface area contributed by atoms with Crippen LogP contribution in [0.5, 0.6) is 0 Å². The SMILES string of the molecule is C#CCCC(=O)Cc1ccc(C[S+](C)CC[C@H](CC(=O)[C@H](CCCCNCC(=O)c2ccccc2)NC(=O)NCCOC)C(C)=O)cc1. The van der Waals surface area contributed by atoms with Crippen LogP contribution in [0.1, 0.15) is 73.4 Å². The van der Waals surface area contributed by atoms with Crippen LogP contribution in [0.3, 0.4) is 0 Å². The zero-order chi connectivity index (χ0) is 35.1. The van der Waals surface area contributed by atoms with Gasteiger partial charge >= 0.3 is 6.03 Å². The summed E-state index contributed by atoms with van der Waals surface area (Å²) in [5.41, 5.74) is 2.79. The number of unbranched alkanes of at least 4 members (excludes halogenated alkanes) is 1. The summed E-state index contributed by atoms with van der Waals surface area (Å²) < 4.78 is 4.99. The van der Waals surface area contributed by atoms with Crippen LogP contribution in [0, 0.1) is 18.3 Å². The highest BCUT2D eigenvalue weighted by Gasteiger charge is 2.27. The number of ketones is 4. The van der Waals surface area contributed by atoms with Gasteiger partial charge in [-0.1, -0.05) is 54.6 Å². The molecule has 0 aliphatic rings. The summed E-state index contributed by atoms with van der Waals surface area (Å²) in [6, 6.07) is 16.0. The molecule has 0 bridgehead atoms. The highest BCUT2D eigenvalue weighted by molar-refractivity contribution is 7.95. The summed E-state index contributed by atoms with van der Waals surface area (Å²) in [6.07, 6.45) is 11.1. The van der Waals surface area contributed by atoms with Crippen LogP contribution >= 0.6 is 0 Å². The quantitative estimate of drug-likeness (QED) is 0.0612. The van der Waals surface area contributed by atoms with E-state index in [9.17, 15) is 24.0 Å². The van der Waals surface area contributed by atoms with Gasteiger partial charge in [0.05, 0.1) is 25.4 Å². The fraction of sp³-hybridized carbons (Fsp3) is 0.500. The van der Waals surface area contributed by atoms with E-state index >= 15 is 0 Å². The van der Waals surface area contributed by atoms with Crippen LogP contribution in [0.25, 0.3) is 0 Å². The van der Waals surface area contributed by atoms with E-state index in [2.05, 4.69) is 28.1 Å².